The van der Waals surface area contributed by atoms with Crippen LogP contribution in [0.3, 0.4) is 0 Å². The minimum atomic E-state index is -0.108. The Kier molecular flexibility index (Phi) is 4.84. The van der Waals surface area contributed by atoms with Gasteiger partial charge in [-0.3, -0.25) is 4.79 Å². The zero-order chi connectivity index (χ0) is 18.5. The van der Waals surface area contributed by atoms with E-state index in [0.717, 1.165) is 28.3 Å². The third-order valence-corrected chi connectivity index (χ3v) is 7.79. The van der Waals surface area contributed by atoms with Gasteiger partial charge < -0.3 is 5.32 Å². The zero-order valence-electron chi connectivity index (χ0n) is 16.3. The second kappa shape index (κ2) is 6.86. The van der Waals surface area contributed by atoms with Gasteiger partial charge in [0.1, 0.15) is 0 Å². The van der Waals surface area contributed by atoms with Gasteiger partial charge in [0.25, 0.3) is 0 Å². The molecular formula is C23H32ClNO. The molecular weight excluding hydrogens is 342 g/mol. The molecule has 0 radical (unpaired) electrons. The van der Waals surface area contributed by atoms with Gasteiger partial charge in [-0.25, -0.2) is 0 Å². The number of hydrogen-bond donors (Lipinski definition) is 1. The molecule has 2 atom stereocenters. The van der Waals surface area contributed by atoms with Crippen molar-refractivity contribution in [3.8, 4) is 0 Å². The number of benzene rings is 1. The first-order valence-electron chi connectivity index (χ1n) is 10.4. The molecule has 142 valence electrons. The molecule has 0 spiro atoms. The van der Waals surface area contributed by atoms with Gasteiger partial charge in [-0.1, -0.05) is 37.6 Å². The number of halogens is 1. The second-order valence-electron chi connectivity index (χ2n) is 9.78. The predicted octanol–water partition coefficient (Wildman–Crippen LogP) is 5.80. The summed E-state index contributed by atoms with van der Waals surface area (Å²) in [6.07, 6.45) is 8.31. The van der Waals surface area contributed by atoms with E-state index < -0.39 is 0 Å². The third-order valence-electron chi connectivity index (χ3n) is 7.54. The molecule has 2 nitrogen and oxygen atoms in total. The Bertz CT molecular complexity index is 630. The highest BCUT2D eigenvalue weighted by atomic mass is 35.5. The molecule has 0 aliphatic heterocycles. The first kappa shape index (κ1) is 18.3. The molecule has 0 heterocycles. The number of carbonyl (C=O) groups excluding carboxylic acids is 1. The van der Waals surface area contributed by atoms with Crippen LogP contribution in [0.15, 0.2) is 24.3 Å². The molecule has 4 saturated carbocycles. The Morgan fingerprint density at radius 1 is 1.00 bits per heavy atom. The van der Waals surface area contributed by atoms with E-state index in [1.165, 1.54) is 38.5 Å². The van der Waals surface area contributed by atoms with Crippen molar-refractivity contribution in [2.75, 3.05) is 0 Å². The quantitative estimate of drug-likeness (QED) is 0.694. The van der Waals surface area contributed by atoms with Crippen molar-refractivity contribution in [2.45, 2.75) is 71.3 Å². The molecule has 4 bridgehead atoms. The fourth-order valence-electron chi connectivity index (χ4n) is 6.67. The smallest absolute Gasteiger partial charge is 0.228 e. The maximum Gasteiger partial charge on any atom is 0.228 e. The highest BCUT2D eigenvalue weighted by Gasteiger charge is 2.53. The zero-order valence-corrected chi connectivity index (χ0v) is 17.1. The normalized spacial score (nSPS) is 34.7. The molecule has 5 rings (SSSR count). The minimum absolute atomic E-state index is 0.108. The minimum Gasteiger partial charge on any atom is -0.353 e. The summed E-state index contributed by atoms with van der Waals surface area (Å²) < 4.78 is 0. The van der Waals surface area contributed by atoms with Crippen molar-refractivity contribution in [1.82, 2.24) is 5.32 Å². The topological polar surface area (TPSA) is 29.1 Å². The summed E-state index contributed by atoms with van der Waals surface area (Å²) in [5.41, 5.74) is 1.42. The van der Waals surface area contributed by atoms with E-state index in [1.807, 2.05) is 24.3 Å². The van der Waals surface area contributed by atoms with Gasteiger partial charge in [-0.15, -0.1) is 0 Å². The Morgan fingerprint density at radius 2 is 1.50 bits per heavy atom. The van der Waals surface area contributed by atoms with E-state index in [4.69, 9.17) is 11.6 Å². The molecule has 1 amide bonds. The molecule has 0 saturated heterocycles. The summed E-state index contributed by atoms with van der Waals surface area (Å²) in [5, 5.41) is 4.18. The van der Waals surface area contributed by atoms with Gasteiger partial charge in [0, 0.05) is 11.1 Å². The SMILES string of the molecule is CC(C)[C@H](C(=O)N[C@@H](C)C12CC3CC(CC(C3)C1)C2)c1ccc(Cl)cc1. The molecule has 0 unspecified atom stereocenters. The fraction of sp³-hybridized carbons (Fsp3) is 0.696. The van der Waals surface area contributed by atoms with Crippen LogP contribution in [0, 0.1) is 29.1 Å². The maximum atomic E-state index is 13.2. The van der Waals surface area contributed by atoms with Gasteiger partial charge in [-0.2, -0.15) is 0 Å². The molecule has 3 heteroatoms. The monoisotopic (exact) mass is 373 g/mol. The standard InChI is InChI=1S/C23H32ClNO/c1-14(2)21(19-4-6-20(24)7-5-19)22(26)25-15(3)23-11-16-8-17(12-23)10-18(9-16)13-23/h4-7,14-18,21H,8-13H2,1-3H3,(H,25,26)/t15-,16?,17?,18?,21-,23?/m0/s1. The van der Waals surface area contributed by atoms with Crippen LogP contribution in [-0.4, -0.2) is 11.9 Å². The van der Waals surface area contributed by atoms with E-state index in [0.29, 0.717) is 5.41 Å². The summed E-state index contributed by atoms with van der Waals surface area (Å²) >= 11 is 6.04. The molecule has 4 aliphatic rings. The van der Waals surface area contributed by atoms with Crippen LogP contribution in [0.2, 0.25) is 5.02 Å². The van der Waals surface area contributed by atoms with Crippen molar-refractivity contribution in [3.05, 3.63) is 34.9 Å². The summed E-state index contributed by atoms with van der Waals surface area (Å²) in [6.45, 7) is 6.53. The Morgan fingerprint density at radius 3 is 1.96 bits per heavy atom. The number of amides is 1. The van der Waals surface area contributed by atoms with Crippen molar-refractivity contribution >= 4 is 17.5 Å². The lowest BCUT2D eigenvalue weighted by molar-refractivity contribution is -0.128. The Hall–Kier alpha value is -1.02. The number of hydrogen-bond acceptors (Lipinski definition) is 1. The highest BCUT2D eigenvalue weighted by molar-refractivity contribution is 6.30. The summed E-state index contributed by atoms with van der Waals surface area (Å²) in [4.78, 5) is 13.2. The van der Waals surface area contributed by atoms with E-state index >= 15 is 0 Å². The van der Waals surface area contributed by atoms with Crippen LogP contribution < -0.4 is 5.32 Å². The average molecular weight is 374 g/mol. The van der Waals surface area contributed by atoms with E-state index in [-0.39, 0.29) is 23.8 Å². The highest BCUT2D eigenvalue weighted by Crippen LogP contribution is 2.61. The number of carbonyl (C=O) groups is 1. The van der Waals surface area contributed by atoms with E-state index in [1.54, 1.807) is 0 Å². The average Bonchev–Trinajstić information content (AvgIpc) is 2.55. The van der Waals surface area contributed by atoms with Crippen molar-refractivity contribution in [3.63, 3.8) is 0 Å². The Labute approximate surface area is 163 Å². The summed E-state index contributed by atoms with van der Waals surface area (Å²) in [5.74, 6) is 3.09. The molecule has 4 aliphatic carbocycles. The van der Waals surface area contributed by atoms with Crippen molar-refractivity contribution < 1.29 is 4.79 Å². The summed E-state index contributed by atoms with van der Waals surface area (Å²) in [6, 6.07) is 8.06. The molecule has 4 fully saturated rings. The van der Waals surface area contributed by atoms with E-state index in [9.17, 15) is 4.79 Å². The molecule has 26 heavy (non-hydrogen) atoms. The summed E-state index contributed by atoms with van der Waals surface area (Å²) in [7, 11) is 0. The molecule has 1 aromatic carbocycles. The number of nitrogens with one attached hydrogen (secondary N) is 1. The molecule has 1 aromatic rings. The van der Waals surface area contributed by atoms with Crippen LogP contribution in [0.5, 0.6) is 0 Å². The van der Waals surface area contributed by atoms with Gasteiger partial charge in [0.05, 0.1) is 5.92 Å². The van der Waals surface area contributed by atoms with Crippen LogP contribution in [0.1, 0.15) is 70.8 Å². The lowest BCUT2D eigenvalue weighted by Gasteiger charge is -2.59. The van der Waals surface area contributed by atoms with Crippen molar-refractivity contribution in [1.29, 1.82) is 0 Å². The molecule has 0 aromatic heterocycles. The lowest BCUT2D eigenvalue weighted by atomic mass is 9.48. The van der Waals surface area contributed by atoms with Crippen LogP contribution >= 0.6 is 11.6 Å². The number of rotatable bonds is 5. The van der Waals surface area contributed by atoms with Crippen LogP contribution in [-0.2, 0) is 4.79 Å². The second-order valence-corrected chi connectivity index (χ2v) is 10.2. The van der Waals surface area contributed by atoms with Crippen molar-refractivity contribution in [2.24, 2.45) is 29.1 Å². The first-order chi connectivity index (χ1) is 12.4. The van der Waals surface area contributed by atoms with Crippen LogP contribution in [0.25, 0.3) is 0 Å². The first-order valence-corrected chi connectivity index (χ1v) is 10.8. The van der Waals surface area contributed by atoms with Gasteiger partial charge in [0.2, 0.25) is 5.91 Å². The third kappa shape index (κ3) is 3.30. The lowest BCUT2D eigenvalue weighted by Crippen LogP contribution is -2.56. The maximum absolute atomic E-state index is 13.2. The predicted molar refractivity (Wildman–Crippen MR) is 107 cm³/mol. The van der Waals surface area contributed by atoms with Gasteiger partial charge >= 0.3 is 0 Å². The van der Waals surface area contributed by atoms with E-state index in [2.05, 4.69) is 26.1 Å². The fourth-order valence-corrected chi connectivity index (χ4v) is 6.80. The molecule has 1 N–H and O–H groups in total. The van der Waals surface area contributed by atoms with Crippen LogP contribution in [0.4, 0.5) is 0 Å². The van der Waals surface area contributed by atoms with Gasteiger partial charge in [-0.05, 0) is 92.2 Å². The van der Waals surface area contributed by atoms with Gasteiger partial charge in [0.15, 0.2) is 0 Å². The Balaban J connectivity index is 1.50. The largest absolute Gasteiger partial charge is 0.353 e.